The molecule has 0 bridgehead atoms. The van der Waals surface area contributed by atoms with Crippen LogP contribution in [0.1, 0.15) is 11.4 Å². The minimum absolute atomic E-state index is 0.738. The molecule has 3 aromatic rings. The van der Waals surface area contributed by atoms with E-state index < -0.39 is 0 Å². The Morgan fingerprint density at radius 1 is 1.24 bits per heavy atom. The van der Waals surface area contributed by atoms with Gasteiger partial charge in [0.1, 0.15) is 5.69 Å². The monoisotopic (exact) mass is 263 g/mol. The van der Waals surface area contributed by atoms with Gasteiger partial charge in [-0.2, -0.15) is 0 Å². The van der Waals surface area contributed by atoms with Crippen molar-refractivity contribution >= 4 is 28.7 Å². The number of fused-ring (bicyclic) bond motifs is 1. The van der Waals surface area contributed by atoms with Crippen LogP contribution < -0.4 is 0 Å². The summed E-state index contributed by atoms with van der Waals surface area (Å²) in [7, 11) is 0. The maximum absolute atomic E-state index is 5.93. The lowest BCUT2D eigenvalue weighted by molar-refractivity contribution is 1.01. The van der Waals surface area contributed by atoms with Crippen molar-refractivity contribution in [2.24, 2.45) is 0 Å². The molecule has 0 aliphatic rings. The third-order valence-electron chi connectivity index (χ3n) is 2.59. The summed E-state index contributed by atoms with van der Waals surface area (Å²) in [5.74, 6) is 0.738. The largest absolute Gasteiger partial charge is 0.288 e. The van der Waals surface area contributed by atoms with Crippen LogP contribution in [0.25, 0.3) is 16.3 Å². The number of halogens is 1. The van der Waals surface area contributed by atoms with E-state index in [4.69, 9.17) is 11.6 Å². The van der Waals surface area contributed by atoms with Crippen LogP contribution in [0, 0.1) is 13.8 Å². The first-order valence-corrected chi connectivity index (χ1v) is 6.42. The Labute approximate surface area is 108 Å². The van der Waals surface area contributed by atoms with E-state index in [9.17, 15) is 0 Å². The first kappa shape index (κ1) is 10.7. The van der Waals surface area contributed by atoms with E-state index in [0.29, 0.717) is 0 Å². The highest BCUT2D eigenvalue weighted by Gasteiger charge is 2.09. The van der Waals surface area contributed by atoms with E-state index in [2.05, 4.69) is 16.9 Å². The fourth-order valence-corrected chi connectivity index (χ4v) is 2.84. The Kier molecular flexibility index (Phi) is 2.42. The molecule has 0 saturated heterocycles. The highest BCUT2D eigenvalue weighted by atomic mass is 35.5. The van der Waals surface area contributed by atoms with Crippen molar-refractivity contribution in [2.75, 3.05) is 0 Å². The zero-order chi connectivity index (χ0) is 12.0. The summed E-state index contributed by atoms with van der Waals surface area (Å²) in [5.41, 5.74) is 3.04. The molecule has 5 heteroatoms. The van der Waals surface area contributed by atoms with Gasteiger partial charge in [-0.25, -0.2) is 9.97 Å². The molecule has 0 amide bonds. The van der Waals surface area contributed by atoms with Gasteiger partial charge in [0.2, 0.25) is 5.78 Å². The molecule has 0 aliphatic heterocycles. The number of thiophene rings is 1. The van der Waals surface area contributed by atoms with Crippen LogP contribution >= 0.6 is 22.9 Å². The number of imidazole rings is 1. The van der Waals surface area contributed by atoms with Gasteiger partial charge in [0.15, 0.2) is 0 Å². The zero-order valence-electron chi connectivity index (χ0n) is 9.44. The minimum atomic E-state index is 0.738. The van der Waals surface area contributed by atoms with E-state index >= 15 is 0 Å². The Hall–Kier alpha value is -1.39. The average molecular weight is 264 g/mol. The number of aryl methyl sites for hydroxylation is 2. The zero-order valence-corrected chi connectivity index (χ0v) is 11.0. The summed E-state index contributed by atoms with van der Waals surface area (Å²) in [6.45, 7) is 4.03. The maximum Gasteiger partial charge on any atom is 0.234 e. The van der Waals surface area contributed by atoms with Crippen LogP contribution in [0.5, 0.6) is 0 Å². The highest BCUT2D eigenvalue weighted by Crippen LogP contribution is 2.30. The topological polar surface area (TPSA) is 30.2 Å². The van der Waals surface area contributed by atoms with Gasteiger partial charge in [0.05, 0.1) is 9.21 Å². The molecule has 0 aliphatic carbocycles. The van der Waals surface area contributed by atoms with Gasteiger partial charge in [-0.1, -0.05) is 11.6 Å². The van der Waals surface area contributed by atoms with Crippen LogP contribution in [-0.2, 0) is 0 Å². The van der Waals surface area contributed by atoms with Gasteiger partial charge in [-0.15, -0.1) is 11.3 Å². The summed E-state index contributed by atoms with van der Waals surface area (Å²) in [6, 6.07) is 5.91. The predicted molar refractivity (Wildman–Crippen MR) is 70.8 cm³/mol. The lowest BCUT2D eigenvalue weighted by Gasteiger charge is -1.98. The predicted octanol–water partition coefficient (Wildman–Crippen LogP) is 3.73. The molecular weight excluding hydrogens is 254 g/mol. The molecule has 0 aromatic carbocycles. The Bertz CT molecular complexity index is 699. The van der Waals surface area contributed by atoms with E-state index in [1.165, 1.54) is 11.3 Å². The van der Waals surface area contributed by atoms with Crippen molar-refractivity contribution in [3.8, 4) is 10.6 Å². The molecule has 0 saturated carbocycles. The molecule has 86 valence electrons. The molecule has 0 unspecified atom stereocenters. The molecule has 0 N–H and O–H groups in total. The highest BCUT2D eigenvalue weighted by molar-refractivity contribution is 7.19. The third-order valence-corrected chi connectivity index (χ3v) is 3.84. The van der Waals surface area contributed by atoms with E-state index in [0.717, 1.165) is 32.1 Å². The molecule has 0 spiro atoms. The molecule has 0 atom stereocenters. The lowest BCUT2D eigenvalue weighted by Crippen LogP contribution is -1.94. The van der Waals surface area contributed by atoms with Crippen molar-refractivity contribution < 1.29 is 0 Å². The van der Waals surface area contributed by atoms with E-state index in [1.54, 1.807) is 0 Å². The van der Waals surface area contributed by atoms with Gasteiger partial charge < -0.3 is 0 Å². The number of hydrogen-bond acceptors (Lipinski definition) is 3. The lowest BCUT2D eigenvalue weighted by atomic mass is 10.3. The summed E-state index contributed by atoms with van der Waals surface area (Å²) in [5, 5.41) is 0. The molecule has 17 heavy (non-hydrogen) atoms. The van der Waals surface area contributed by atoms with Gasteiger partial charge in [-0.3, -0.25) is 4.40 Å². The van der Waals surface area contributed by atoms with Crippen molar-refractivity contribution in [2.45, 2.75) is 13.8 Å². The molecular formula is C12H10ClN3S. The van der Waals surface area contributed by atoms with Crippen LogP contribution in [0.4, 0.5) is 0 Å². The normalized spacial score (nSPS) is 11.2. The smallest absolute Gasteiger partial charge is 0.234 e. The summed E-state index contributed by atoms with van der Waals surface area (Å²) in [4.78, 5) is 10.0. The molecule has 3 aromatic heterocycles. The Morgan fingerprint density at radius 3 is 2.76 bits per heavy atom. The second kappa shape index (κ2) is 3.82. The standard InChI is InChI=1S/C12H10ClN3S/c1-7-5-8(2)16-6-9(15-12(16)14-7)10-3-4-11(13)17-10/h3-6H,1-2H3. The molecule has 3 heterocycles. The Morgan fingerprint density at radius 2 is 2.06 bits per heavy atom. The number of nitrogens with zero attached hydrogens (tertiary/aromatic N) is 3. The van der Waals surface area contributed by atoms with Crippen molar-refractivity contribution in [3.05, 3.63) is 40.1 Å². The van der Waals surface area contributed by atoms with Gasteiger partial charge in [-0.05, 0) is 32.0 Å². The second-order valence-corrected chi connectivity index (χ2v) is 5.65. The minimum Gasteiger partial charge on any atom is -0.288 e. The molecule has 3 rings (SSSR count). The summed E-state index contributed by atoms with van der Waals surface area (Å²) >= 11 is 7.46. The summed E-state index contributed by atoms with van der Waals surface area (Å²) in [6.07, 6.45) is 2.00. The maximum atomic E-state index is 5.93. The number of hydrogen-bond donors (Lipinski definition) is 0. The van der Waals surface area contributed by atoms with Gasteiger partial charge in [0.25, 0.3) is 0 Å². The summed E-state index contributed by atoms with van der Waals surface area (Å²) < 4.78 is 2.77. The SMILES string of the molecule is Cc1cc(C)n2cc(-c3ccc(Cl)s3)nc2n1. The van der Waals surface area contributed by atoms with Crippen LogP contribution in [0.3, 0.4) is 0 Å². The van der Waals surface area contributed by atoms with Crippen LogP contribution in [0.2, 0.25) is 4.34 Å². The van der Waals surface area contributed by atoms with Crippen LogP contribution in [-0.4, -0.2) is 14.4 Å². The fraction of sp³-hybridized carbons (Fsp3) is 0.167. The first-order chi connectivity index (χ1) is 8.13. The second-order valence-electron chi connectivity index (χ2n) is 3.94. The first-order valence-electron chi connectivity index (χ1n) is 5.22. The number of aromatic nitrogens is 3. The van der Waals surface area contributed by atoms with Crippen molar-refractivity contribution in [3.63, 3.8) is 0 Å². The number of rotatable bonds is 1. The van der Waals surface area contributed by atoms with Crippen molar-refractivity contribution in [1.29, 1.82) is 0 Å². The molecule has 0 fully saturated rings. The van der Waals surface area contributed by atoms with E-state index in [1.807, 2.05) is 35.7 Å². The molecule has 3 nitrogen and oxygen atoms in total. The third kappa shape index (κ3) is 1.83. The van der Waals surface area contributed by atoms with Crippen LogP contribution in [0.15, 0.2) is 24.4 Å². The van der Waals surface area contributed by atoms with Crippen molar-refractivity contribution in [1.82, 2.24) is 14.4 Å². The van der Waals surface area contributed by atoms with Gasteiger partial charge in [0, 0.05) is 17.6 Å². The van der Waals surface area contributed by atoms with Gasteiger partial charge >= 0.3 is 0 Å². The van der Waals surface area contributed by atoms with E-state index in [-0.39, 0.29) is 0 Å². The quantitative estimate of drug-likeness (QED) is 0.670. The Balaban J connectivity index is 2.23. The average Bonchev–Trinajstić information content (AvgIpc) is 2.83. The molecule has 0 radical (unpaired) electrons. The fourth-order valence-electron chi connectivity index (χ4n) is 1.84.